The summed E-state index contributed by atoms with van der Waals surface area (Å²) in [4.78, 5) is 12.6. The Morgan fingerprint density at radius 3 is 2.22 bits per heavy atom. The largest absolute Gasteiger partial charge is 0.495 e. The van der Waals surface area contributed by atoms with E-state index in [-0.39, 0.29) is 21.4 Å². The lowest BCUT2D eigenvalue weighted by molar-refractivity contribution is -0.117. The van der Waals surface area contributed by atoms with Gasteiger partial charge in [-0.15, -0.1) is 0 Å². The summed E-state index contributed by atoms with van der Waals surface area (Å²) in [5, 5.41) is 3.24. The molecular weight excluding hydrogens is 475 g/mol. The lowest BCUT2D eigenvalue weighted by Crippen LogP contribution is -2.41. The first-order valence-corrected chi connectivity index (χ1v) is 11.6. The minimum Gasteiger partial charge on any atom is -0.495 e. The molecule has 3 aromatic rings. The molecule has 2 N–H and O–H groups in total. The Morgan fingerprint density at radius 2 is 1.56 bits per heavy atom. The van der Waals surface area contributed by atoms with Gasteiger partial charge in [-0.2, -0.15) is 4.72 Å². The van der Waals surface area contributed by atoms with E-state index in [1.165, 1.54) is 38.3 Å². The molecule has 0 radical (unpaired) electrons. The van der Waals surface area contributed by atoms with E-state index in [9.17, 15) is 13.2 Å². The highest BCUT2D eigenvalue weighted by atomic mass is 35.5. The van der Waals surface area contributed by atoms with Crippen molar-refractivity contribution in [1.29, 1.82) is 0 Å². The Morgan fingerprint density at radius 1 is 0.938 bits per heavy atom. The van der Waals surface area contributed by atoms with Crippen molar-refractivity contribution in [3.8, 4) is 17.2 Å². The third-order valence-electron chi connectivity index (χ3n) is 4.31. The fraction of sp³-hybridized carbons (Fsp3) is 0.136. The monoisotopic (exact) mass is 494 g/mol. The number of carbonyl (C=O) groups excluding carboxylic acids is 1. The average molecular weight is 495 g/mol. The predicted octanol–water partition coefficient (Wildman–Crippen LogP) is 5.10. The molecule has 0 bridgehead atoms. The van der Waals surface area contributed by atoms with Crippen LogP contribution in [0.1, 0.15) is 6.92 Å². The Bertz CT molecular complexity index is 1220. The summed E-state index contributed by atoms with van der Waals surface area (Å²) in [6.45, 7) is 1.41. The maximum atomic E-state index is 12.8. The highest BCUT2D eigenvalue weighted by Crippen LogP contribution is 2.32. The molecule has 0 unspecified atom stereocenters. The Labute approximate surface area is 196 Å². The van der Waals surface area contributed by atoms with Crippen LogP contribution < -0.4 is 19.5 Å². The summed E-state index contributed by atoms with van der Waals surface area (Å²) in [6, 6.07) is 16.8. The van der Waals surface area contributed by atoms with Crippen LogP contribution in [-0.2, 0) is 14.8 Å². The number of nitrogens with one attached hydrogen (secondary N) is 2. The molecule has 10 heteroatoms. The molecule has 0 spiro atoms. The summed E-state index contributed by atoms with van der Waals surface area (Å²) >= 11 is 12.0. The van der Waals surface area contributed by atoms with E-state index < -0.39 is 22.0 Å². The van der Waals surface area contributed by atoms with Gasteiger partial charge in [0.1, 0.15) is 16.4 Å². The quantitative estimate of drug-likeness (QED) is 0.454. The fourth-order valence-corrected chi connectivity index (χ4v) is 4.56. The molecule has 0 aliphatic rings. The zero-order valence-corrected chi connectivity index (χ0v) is 19.5. The normalized spacial score (nSPS) is 12.1. The molecule has 0 saturated heterocycles. The number of hydrogen-bond donors (Lipinski definition) is 2. The lowest BCUT2D eigenvalue weighted by Gasteiger charge is -2.18. The van der Waals surface area contributed by atoms with Gasteiger partial charge in [-0.3, -0.25) is 4.79 Å². The summed E-state index contributed by atoms with van der Waals surface area (Å²) in [6.07, 6.45) is 0. The van der Waals surface area contributed by atoms with Gasteiger partial charge in [0.15, 0.2) is 5.75 Å². The van der Waals surface area contributed by atoms with Crippen molar-refractivity contribution in [3.63, 3.8) is 0 Å². The first-order chi connectivity index (χ1) is 15.2. The highest BCUT2D eigenvalue weighted by Gasteiger charge is 2.26. The minimum atomic E-state index is -4.11. The second kappa shape index (κ2) is 10.2. The van der Waals surface area contributed by atoms with Gasteiger partial charge in [-0.25, -0.2) is 8.42 Å². The predicted molar refractivity (Wildman–Crippen MR) is 124 cm³/mol. The second-order valence-electron chi connectivity index (χ2n) is 6.68. The van der Waals surface area contributed by atoms with Crippen LogP contribution in [0.2, 0.25) is 10.0 Å². The van der Waals surface area contributed by atoms with Crippen molar-refractivity contribution < 1.29 is 22.7 Å². The van der Waals surface area contributed by atoms with Gasteiger partial charge in [-0.05, 0) is 55.5 Å². The number of ether oxygens (including phenoxy) is 2. The number of benzene rings is 3. The Balaban J connectivity index is 1.79. The van der Waals surface area contributed by atoms with Gasteiger partial charge in [0, 0.05) is 10.0 Å². The molecule has 3 aromatic carbocycles. The number of carbonyl (C=O) groups is 1. The maximum absolute atomic E-state index is 12.8. The number of methoxy groups -OCH3 is 1. The van der Waals surface area contributed by atoms with Crippen LogP contribution in [0.3, 0.4) is 0 Å². The van der Waals surface area contributed by atoms with Crippen molar-refractivity contribution >= 4 is 44.8 Å². The van der Waals surface area contributed by atoms with E-state index in [1.54, 1.807) is 24.3 Å². The molecular formula is C22H20Cl2N2O5S. The van der Waals surface area contributed by atoms with Crippen LogP contribution in [-0.4, -0.2) is 27.5 Å². The van der Waals surface area contributed by atoms with E-state index in [0.29, 0.717) is 16.5 Å². The number of para-hydroxylation sites is 1. The van der Waals surface area contributed by atoms with Crippen molar-refractivity contribution in [2.24, 2.45) is 0 Å². The summed E-state index contributed by atoms with van der Waals surface area (Å²) in [5.74, 6) is 0.394. The zero-order chi connectivity index (χ0) is 23.3. The lowest BCUT2D eigenvalue weighted by atomic mass is 10.2. The van der Waals surface area contributed by atoms with Crippen molar-refractivity contribution in [3.05, 3.63) is 76.8 Å². The number of halogens is 2. The van der Waals surface area contributed by atoms with Crippen LogP contribution in [0, 0.1) is 0 Å². The Kier molecular flexibility index (Phi) is 7.63. The SMILES string of the molecule is COc1ccc(Cl)cc1S(=O)(=O)N[C@H](C)C(=O)Nc1cc(Cl)ccc1Oc1ccccc1. The fourth-order valence-electron chi connectivity index (χ4n) is 2.76. The van der Waals surface area contributed by atoms with Crippen molar-refractivity contribution in [2.45, 2.75) is 17.9 Å². The summed E-state index contributed by atoms with van der Waals surface area (Å²) in [7, 11) is -2.77. The number of amides is 1. The van der Waals surface area contributed by atoms with Gasteiger partial charge >= 0.3 is 0 Å². The molecule has 1 amide bonds. The van der Waals surface area contributed by atoms with E-state index in [2.05, 4.69) is 10.0 Å². The molecule has 32 heavy (non-hydrogen) atoms. The molecule has 0 aromatic heterocycles. The number of sulfonamides is 1. The maximum Gasteiger partial charge on any atom is 0.245 e. The first kappa shape index (κ1) is 23.9. The van der Waals surface area contributed by atoms with Crippen LogP contribution in [0.15, 0.2) is 71.6 Å². The van der Waals surface area contributed by atoms with E-state index in [4.69, 9.17) is 32.7 Å². The zero-order valence-electron chi connectivity index (χ0n) is 17.1. The van der Waals surface area contributed by atoms with Gasteiger partial charge in [0.25, 0.3) is 0 Å². The van der Waals surface area contributed by atoms with Crippen LogP contribution >= 0.6 is 23.2 Å². The summed E-state index contributed by atoms with van der Waals surface area (Å²) in [5.41, 5.74) is 0.290. The van der Waals surface area contributed by atoms with E-state index in [0.717, 1.165) is 0 Å². The standard InChI is InChI=1S/C22H20Cl2N2O5S/c1-14(26-32(28,29)21-13-16(24)9-11-20(21)30-2)22(27)25-18-12-15(23)8-10-19(18)31-17-6-4-3-5-7-17/h3-14,26H,1-2H3,(H,25,27)/t14-/m1/s1. The van der Waals surface area contributed by atoms with Crippen LogP contribution in [0.5, 0.6) is 17.2 Å². The average Bonchev–Trinajstić information content (AvgIpc) is 2.76. The molecule has 0 aliphatic carbocycles. The second-order valence-corrected chi connectivity index (χ2v) is 9.24. The van der Waals surface area contributed by atoms with Gasteiger partial charge in [0.2, 0.25) is 15.9 Å². The third-order valence-corrected chi connectivity index (χ3v) is 6.34. The first-order valence-electron chi connectivity index (χ1n) is 9.39. The van der Waals surface area contributed by atoms with E-state index in [1.807, 2.05) is 18.2 Å². The molecule has 7 nitrogen and oxygen atoms in total. The number of anilines is 1. The minimum absolute atomic E-state index is 0.0999. The smallest absolute Gasteiger partial charge is 0.245 e. The highest BCUT2D eigenvalue weighted by molar-refractivity contribution is 7.89. The Hall–Kier alpha value is -2.78. The molecule has 3 rings (SSSR count). The van der Waals surface area contributed by atoms with Crippen molar-refractivity contribution in [1.82, 2.24) is 4.72 Å². The molecule has 0 saturated carbocycles. The van der Waals surface area contributed by atoms with Crippen LogP contribution in [0.25, 0.3) is 0 Å². The molecule has 0 aliphatic heterocycles. The topological polar surface area (TPSA) is 93.7 Å². The van der Waals surface area contributed by atoms with E-state index >= 15 is 0 Å². The molecule has 1 atom stereocenters. The van der Waals surface area contributed by atoms with Crippen molar-refractivity contribution in [2.75, 3.05) is 12.4 Å². The molecule has 0 fully saturated rings. The summed E-state index contributed by atoms with van der Waals surface area (Å²) < 4.78 is 38.9. The number of rotatable bonds is 8. The van der Waals surface area contributed by atoms with Gasteiger partial charge in [0.05, 0.1) is 18.8 Å². The van der Waals surface area contributed by atoms with Crippen LogP contribution in [0.4, 0.5) is 5.69 Å². The third kappa shape index (κ3) is 5.92. The van der Waals surface area contributed by atoms with Gasteiger partial charge in [-0.1, -0.05) is 41.4 Å². The van der Waals surface area contributed by atoms with Gasteiger partial charge < -0.3 is 14.8 Å². The molecule has 0 heterocycles. The number of hydrogen-bond acceptors (Lipinski definition) is 5. The molecule has 168 valence electrons.